The van der Waals surface area contributed by atoms with E-state index in [0.717, 1.165) is 38.8 Å². The van der Waals surface area contributed by atoms with Crippen LogP contribution < -0.4 is 5.32 Å². The van der Waals surface area contributed by atoms with E-state index in [1.54, 1.807) is 0 Å². The number of carbonyl (C=O) groups is 1. The zero-order valence-corrected chi connectivity index (χ0v) is 13.8. The van der Waals surface area contributed by atoms with Crippen LogP contribution in [0.4, 0.5) is 0 Å². The first kappa shape index (κ1) is 15.5. The van der Waals surface area contributed by atoms with E-state index in [9.17, 15) is 4.79 Å². The van der Waals surface area contributed by atoms with Crippen LogP contribution in [0.15, 0.2) is 24.3 Å². The lowest BCUT2D eigenvalue weighted by Gasteiger charge is -2.30. The summed E-state index contributed by atoms with van der Waals surface area (Å²) < 4.78 is 0. The Bertz CT molecular complexity index is 526. The van der Waals surface area contributed by atoms with Crippen LogP contribution in [0, 0.1) is 5.92 Å². The maximum Gasteiger partial charge on any atom is 0.237 e. The van der Waals surface area contributed by atoms with Crippen LogP contribution >= 0.6 is 0 Å². The van der Waals surface area contributed by atoms with Crippen molar-refractivity contribution in [1.82, 2.24) is 10.2 Å². The van der Waals surface area contributed by atoms with E-state index in [4.69, 9.17) is 0 Å². The molecule has 0 spiro atoms. The van der Waals surface area contributed by atoms with Crippen LogP contribution in [-0.2, 0) is 11.2 Å². The first-order valence-corrected chi connectivity index (χ1v) is 8.77. The van der Waals surface area contributed by atoms with Gasteiger partial charge in [-0.15, -0.1) is 0 Å². The molecule has 2 aliphatic rings. The van der Waals surface area contributed by atoms with Gasteiger partial charge in [0.2, 0.25) is 5.91 Å². The van der Waals surface area contributed by atoms with E-state index < -0.39 is 0 Å². The second-order valence-corrected chi connectivity index (χ2v) is 7.20. The summed E-state index contributed by atoms with van der Waals surface area (Å²) in [5.41, 5.74) is 2.74. The van der Waals surface area contributed by atoms with Gasteiger partial charge >= 0.3 is 0 Å². The summed E-state index contributed by atoms with van der Waals surface area (Å²) in [6.45, 7) is 6.55. The third kappa shape index (κ3) is 3.35. The van der Waals surface area contributed by atoms with Crippen LogP contribution in [0.2, 0.25) is 0 Å². The van der Waals surface area contributed by atoms with Crippen LogP contribution in [0.1, 0.15) is 56.7 Å². The standard InChI is InChI=1S/C19H28N2O/c1-14(2)13-21-12-6-11-18(21)19(22)20-17-10-5-8-15-7-3-4-9-16(15)17/h3-4,7,9,14,17-18H,5-6,8,10-13H2,1-2H3,(H,20,22)/t17-,18-/m1/s1. The molecule has 3 rings (SSSR count). The number of benzene rings is 1. The van der Waals surface area contributed by atoms with Crippen LogP contribution in [0.3, 0.4) is 0 Å². The molecule has 1 saturated heterocycles. The molecule has 1 fully saturated rings. The third-order valence-corrected chi connectivity index (χ3v) is 4.95. The van der Waals surface area contributed by atoms with Crippen molar-refractivity contribution in [2.75, 3.05) is 13.1 Å². The number of hydrogen-bond acceptors (Lipinski definition) is 2. The van der Waals surface area contributed by atoms with Crippen molar-refractivity contribution < 1.29 is 4.79 Å². The van der Waals surface area contributed by atoms with E-state index in [1.807, 2.05) is 0 Å². The highest BCUT2D eigenvalue weighted by atomic mass is 16.2. The van der Waals surface area contributed by atoms with Crippen molar-refractivity contribution in [2.24, 2.45) is 5.92 Å². The molecule has 0 radical (unpaired) electrons. The fourth-order valence-corrected chi connectivity index (χ4v) is 3.98. The molecule has 1 aliphatic carbocycles. The van der Waals surface area contributed by atoms with Gasteiger partial charge in [-0.25, -0.2) is 0 Å². The normalized spacial score (nSPS) is 25.2. The molecule has 1 aromatic carbocycles. The Kier molecular flexibility index (Phi) is 4.82. The maximum absolute atomic E-state index is 12.8. The topological polar surface area (TPSA) is 32.3 Å². The fourth-order valence-electron chi connectivity index (χ4n) is 3.98. The quantitative estimate of drug-likeness (QED) is 0.925. The van der Waals surface area contributed by atoms with Crippen LogP contribution in [0.25, 0.3) is 0 Å². The highest BCUT2D eigenvalue weighted by Crippen LogP contribution is 2.30. The van der Waals surface area contributed by atoms with Crippen molar-refractivity contribution >= 4 is 5.91 Å². The lowest BCUT2D eigenvalue weighted by molar-refractivity contribution is -0.126. The average molecular weight is 300 g/mol. The summed E-state index contributed by atoms with van der Waals surface area (Å²) in [6.07, 6.45) is 5.53. The Labute approximate surface area is 134 Å². The number of rotatable bonds is 4. The Balaban J connectivity index is 1.67. The smallest absolute Gasteiger partial charge is 0.237 e. The Morgan fingerprint density at radius 2 is 2.09 bits per heavy atom. The molecule has 1 aliphatic heterocycles. The minimum absolute atomic E-state index is 0.0801. The van der Waals surface area contributed by atoms with Gasteiger partial charge in [-0.1, -0.05) is 38.1 Å². The fraction of sp³-hybridized carbons (Fsp3) is 0.632. The molecule has 2 atom stereocenters. The lowest BCUT2D eigenvalue weighted by atomic mass is 9.87. The Hall–Kier alpha value is -1.35. The Morgan fingerprint density at radius 3 is 2.91 bits per heavy atom. The highest BCUT2D eigenvalue weighted by molar-refractivity contribution is 5.82. The van der Waals surface area contributed by atoms with Crippen molar-refractivity contribution in [3.05, 3.63) is 35.4 Å². The van der Waals surface area contributed by atoms with Gasteiger partial charge < -0.3 is 5.32 Å². The molecule has 120 valence electrons. The molecule has 1 heterocycles. The van der Waals surface area contributed by atoms with Crippen molar-refractivity contribution in [2.45, 2.75) is 58.0 Å². The lowest BCUT2D eigenvalue weighted by Crippen LogP contribution is -2.46. The minimum Gasteiger partial charge on any atom is -0.348 e. The zero-order valence-electron chi connectivity index (χ0n) is 13.8. The van der Waals surface area contributed by atoms with E-state index >= 15 is 0 Å². The van der Waals surface area contributed by atoms with Gasteiger partial charge in [0, 0.05) is 6.54 Å². The number of amides is 1. The molecule has 22 heavy (non-hydrogen) atoms. The predicted octanol–water partition coefficient (Wildman–Crippen LogP) is 3.30. The molecule has 3 heteroatoms. The molecule has 1 aromatic rings. The molecule has 3 nitrogen and oxygen atoms in total. The summed E-state index contributed by atoms with van der Waals surface area (Å²) in [5, 5.41) is 3.34. The summed E-state index contributed by atoms with van der Waals surface area (Å²) in [6, 6.07) is 8.86. The number of nitrogens with zero attached hydrogens (tertiary/aromatic N) is 1. The van der Waals surface area contributed by atoms with E-state index in [0.29, 0.717) is 5.92 Å². The van der Waals surface area contributed by atoms with Gasteiger partial charge in [0.1, 0.15) is 0 Å². The van der Waals surface area contributed by atoms with Gasteiger partial charge in [-0.05, 0) is 55.7 Å². The number of likely N-dealkylation sites (tertiary alicyclic amines) is 1. The third-order valence-electron chi connectivity index (χ3n) is 4.95. The SMILES string of the molecule is CC(C)CN1CCC[C@@H]1C(=O)N[C@@H]1CCCc2ccccc21. The number of hydrogen-bond donors (Lipinski definition) is 1. The number of nitrogens with one attached hydrogen (secondary N) is 1. The first-order chi connectivity index (χ1) is 10.6. The first-order valence-electron chi connectivity index (χ1n) is 8.77. The van der Waals surface area contributed by atoms with E-state index in [2.05, 4.69) is 48.3 Å². The minimum atomic E-state index is 0.0801. The van der Waals surface area contributed by atoms with Gasteiger partial charge in [-0.3, -0.25) is 9.69 Å². The summed E-state index contributed by atoms with van der Waals surface area (Å²) >= 11 is 0. The molecule has 1 amide bonds. The summed E-state index contributed by atoms with van der Waals surface area (Å²) in [4.78, 5) is 15.1. The molecule has 0 bridgehead atoms. The molecule has 1 N–H and O–H groups in total. The van der Waals surface area contributed by atoms with E-state index in [-0.39, 0.29) is 18.0 Å². The van der Waals surface area contributed by atoms with Gasteiger partial charge in [0.05, 0.1) is 12.1 Å². The number of aryl methyl sites for hydroxylation is 1. The van der Waals surface area contributed by atoms with Gasteiger partial charge in [0.15, 0.2) is 0 Å². The predicted molar refractivity (Wildman–Crippen MR) is 89.7 cm³/mol. The van der Waals surface area contributed by atoms with E-state index in [1.165, 1.54) is 17.5 Å². The zero-order chi connectivity index (χ0) is 15.5. The van der Waals surface area contributed by atoms with Crippen molar-refractivity contribution in [1.29, 1.82) is 0 Å². The second-order valence-electron chi connectivity index (χ2n) is 7.20. The number of fused-ring (bicyclic) bond motifs is 1. The van der Waals surface area contributed by atoms with Crippen molar-refractivity contribution in [3.63, 3.8) is 0 Å². The summed E-state index contributed by atoms with van der Waals surface area (Å²) in [7, 11) is 0. The number of carbonyl (C=O) groups excluding carboxylic acids is 1. The summed E-state index contributed by atoms with van der Waals surface area (Å²) in [5.74, 6) is 0.851. The van der Waals surface area contributed by atoms with Crippen LogP contribution in [-0.4, -0.2) is 29.9 Å². The van der Waals surface area contributed by atoms with Gasteiger partial charge in [0.25, 0.3) is 0 Å². The molecular weight excluding hydrogens is 272 g/mol. The van der Waals surface area contributed by atoms with Gasteiger partial charge in [-0.2, -0.15) is 0 Å². The highest BCUT2D eigenvalue weighted by Gasteiger charge is 2.32. The molecule has 0 aromatic heterocycles. The monoisotopic (exact) mass is 300 g/mol. The maximum atomic E-state index is 12.8. The second kappa shape index (κ2) is 6.82. The Morgan fingerprint density at radius 1 is 1.27 bits per heavy atom. The molecule has 0 unspecified atom stereocenters. The van der Waals surface area contributed by atoms with Crippen molar-refractivity contribution in [3.8, 4) is 0 Å². The average Bonchev–Trinajstić information content (AvgIpc) is 2.95. The molecular formula is C19H28N2O. The molecule has 0 saturated carbocycles. The van der Waals surface area contributed by atoms with Crippen LogP contribution in [0.5, 0.6) is 0 Å². The largest absolute Gasteiger partial charge is 0.348 e.